The fraction of sp³-hybridized carbons (Fsp3) is 0.0263. The number of hydrogen-bond acceptors (Lipinski definition) is 2. The number of allylic oxidation sites excluding steroid dienone is 2. The van der Waals surface area contributed by atoms with Crippen LogP contribution in [-0.4, -0.2) is 0 Å². The Balaban J connectivity index is 1.05. The maximum absolute atomic E-state index is 2.56. The molecule has 0 atom stereocenters. The van der Waals surface area contributed by atoms with Gasteiger partial charge in [-0.15, -0.1) is 0 Å². The van der Waals surface area contributed by atoms with Crippen molar-refractivity contribution in [1.29, 1.82) is 0 Å². The number of fused-ring (bicyclic) bond motifs is 18. The van der Waals surface area contributed by atoms with E-state index in [1.165, 1.54) is 100 Å². The third-order valence-electron chi connectivity index (χ3n) is 17.3. The number of para-hydroxylation sites is 4. The first-order chi connectivity index (χ1) is 38.7. The van der Waals surface area contributed by atoms with Crippen LogP contribution in [0.15, 0.2) is 303 Å². The SMILES string of the molecule is c1ccc(-c2ccccc2N(c2ccccc2)c2ccc3c(c2)C2=C(c4cc(N(c5ccccc5)c5ccccc5-c5ccccc5)ccc4C24c2ccccc2-c2ccccc24)C32c3ccccc3-c3ccccc32)cc1. The van der Waals surface area contributed by atoms with Crippen LogP contribution >= 0.6 is 0 Å². The van der Waals surface area contributed by atoms with E-state index in [2.05, 4.69) is 313 Å². The van der Waals surface area contributed by atoms with Crippen molar-refractivity contribution in [3.63, 3.8) is 0 Å². The molecule has 0 saturated carbocycles. The molecule has 0 fully saturated rings. The van der Waals surface area contributed by atoms with Gasteiger partial charge in [0.2, 0.25) is 0 Å². The van der Waals surface area contributed by atoms with E-state index in [-0.39, 0.29) is 0 Å². The molecule has 0 N–H and O–H groups in total. The van der Waals surface area contributed by atoms with Crippen molar-refractivity contribution in [1.82, 2.24) is 0 Å². The first-order valence-corrected chi connectivity index (χ1v) is 27.2. The monoisotopic (exact) mass is 990 g/mol. The molecule has 2 heteroatoms. The van der Waals surface area contributed by atoms with Crippen LogP contribution in [0.25, 0.3) is 55.7 Å². The molecule has 16 rings (SSSR count). The third kappa shape index (κ3) is 6.08. The van der Waals surface area contributed by atoms with E-state index >= 15 is 0 Å². The van der Waals surface area contributed by atoms with E-state index in [1.807, 2.05) is 0 Å². The van der Waals surface area contributed by atoms with Crippen molar-refractivity contribution < 1.29 is 0 Å². The zero-order chi connectivity index (χ0) is 51.4. The van der Waals surface area contributed by atoms with Crippen molar-refractivity contribution in [2.45, 2.75) is 10.8 Å². The van der Waals surface area contributed by atoms with E-state index in [9.17, 15) is 0 Å². The number of rotatable bonds is 8. The Morgan fingerprint density at radius 2 is 0.462 bits per heavy atom. The lowest BCUT2D eigenvalue weighted by Gasteiger charge is -2.36. The van der Waals surface area contributed by atoms with Crippen LogP contribution in [0.1, 0.15) is 44.5 Å². The van der Waals surface area contributed by atoms with Crippen LogP contribution < -0.4 is 9.80 Å². The second kappa shape index (κ2) is 17.3. The van der Waals surface area contributed by atoms with Crippen LogP contribution in [0.3, 0.4) is 0 Å². The molecule has 2 spiro atoms. The Bertz CT molecular complexity index is 4010. The Kier molecular flexibility index (Phi) is 9.80. The predicted molar refractivity (Wildman–Crippen MR) is 323 cm³/mol. The molecule has 4 aliphatic rings. The van der Waals surface area contributed by atoms with Crippen molar-refractivity contribution in [2.75, 3.05) is 9.80 Å². The number of nitrogens with zero attached hydrogens (tertiary/aromatic N) is 2. The van der Waals surface area contributed by atoms with Gasteiger partial charge in [-0.25, -0.2) is 0 Å². The third-order valence-corrected chi connectivity index (χ3v) is 17.3. The quantitative estimate of drug-likeness (QED) is 0.150. The van der Waals surface area contributed by atoms with E-state index in [4.69, 9.17) is 0 Å². The lowest BCUT2D eigenvalue weighted by atomic mass is 9.66. The second-order valence-electron chi connectivity index (χ2n) is 21.0. The summed E-state index contributed by atoms with van der Waals surface area (Å²) in [6.45, 7) is 0. The first kappa shape index (κ1) is 44.3. The van der Waals surface area contributed by atoms with Gasteiger partial charge in [0.1, 0.15) is 0 Å². The number of anilines is 6. The lowest BCUT2D eigenvalue weighted by Crippen LogP contribution is -2.28. The van der Waals surface area contributed by atoms with Crippen LogP contribution in [0, 0.1) is 0 Å². The van der Waals surface area contributed by atoms with Crippen LogP contribution in [0.2, 0.25) is 0 Å². The number of benzene rings is 12. The summed E-state index contributed by atoms with van der Waals surface area (Å²) in [5.41, 5.74) is 28.3. The molecule has 12 aromatic carbocycles. The highest BCUT2D eigenvalue weighted by Crippen LogP contribution is 2.75. The lowest BCUT2D eigenvalue weighted by molar-refractivity contribution is 0.826. The Morgan fingerprint density at radius 1 is 0.192 bits per heavy atom. The Morgan fingerprint density at radius 3 is 0.808 bits per heavy atom. The average molecular weight is 991 g/mol. The van der Waals surface area contributed by atoms with Crippen molar-refractivity contribution >= 4 is 45.3 Å². The molecule has 78 heavy (non-hydrogen) atoms. The highest BCUT2D eigenvalue weighted by Gasteiger charge is 2.63. The van der Waals surface area contributed by atoms with Gasteiger partial charge in [-0.3, -0.25) is 0 Å². The van der Waals surface area contributed by atoms with Crippen molar-refractivity contribution in [3.05, 3.63) is 348 Å². The largest absolute Gasteiger partial charge is 0.310 e. The van der Waals surface area contributed by atoms with Crippen molar-refractivity contribution in [2.24, 2.45) is 0 Å². The Labute approximate surface area is 455 Å². The summed E-state index contributed by atoms with van der Waals surface area (Å²) in [7, 11) is 0. The smallest absolute Gasteiger partial charge is 0.0728 e. The first-order valence-electron chi connectivity index (χ1n) is 27.2. The minimum Gasteiger partial charge on any atom is -0.310 e. The molecule has 0 amide bonds. The zero-order valence-corrected chi connectivity index (χ0v) is 42.8. The molecular formula is C76H50N2. The van der Waals surface area contributed by atoms with E-state index in [0.29, 0.717) is 0 Å². The molecule has 0 saturated heterocycles. The molecule has 2 nitrogen and oxygen atoms in total. The molecule has 0 unspecified atom stereocenters. The zero-order valence-electron chi connectivity index (χ0n) is 42.8. The van der Waals surface area contributed by atoms with Gasteiger partial charge in [0.05, 0.1) is 22.2 Å². The predicted octanol–water partition coefficient (Wildman–Crippen LogP) is 19.5. The Hall–Kier alpha value is -10.0. The molecule has 0 aromatic heterocycles. The van der Waals surface area contributed by atoms with Gasteiger partial charge in [0, 0.05) is 33.9 Å². The summed E-state index contributed by atoms with van der Waals surface area (Å²) in [4.78, 5) is 4.96. The van der Waals surface area contributed by atoms with Crippen LogP contribution in [-0.2, 0) is 10.8 Å². The fourth-order valence-electron chi connectivity index (χ4n) is 14.4. The van der Waals surface area contributed by atoms with Crippen LogP contribution in [0.5, 0.6) is 0 Å². The summed E-state index contributed by atoms with van der Waals surface area (Å²) in [6.07, 6.45) is 0. The van der Waals surface area contributed by atoms with Gasteiger partial charge in [0.25, 0.3) is 0 Å². The van der Waals surface area contributed by atoms with Crippen molar-refractivity contribution in [3.8, 4) is 44.5 Å². The summed E-state index contributed by atoms with van der Waals surface area (Å²) >= 11 is 0. The summed E-state index contributed by atoms with van der Waals surface area (Å²) in [6, 6.07) is 113. The van der Waals surface area contributed by atoms with Gasteiger partial charge in [-0.2, -0.15) is 0 Å². The minimum atomic E-state index is -0.668. The molecule has 0 bridgehead atoms. The molecule has 4 aliphatic carbocycles. The maximum Gasteiger partial charge on any atom is 0.0728 e. The molecule has 0 radical (unpaired) electrons. The van der Waals surface area contributed by atoms with Gasteiger partial charge in [-0.05, 0) is 150 Å². The van der Waals surface area contributed by atoms with Gasteiger partial charge >= 0.3 is 0 Å². The van der Waals surface area contributed by atoms with Crippen LogP contribution in [0.4, 0.5) is 34.1 Å². The second-order valence-corrected chi connectivity index (χ2v) is 21.0. The standard InChI is InChI=1S/C76H50N2/c1-5-25-51(26-6-1)57-33-17-23-43-71(57)77(53-29-9-3-10-30-53)55-45-47-69-63(49-55)73-74(75(69)65-39-19-13-35-59(65)60-36-14-20-40-66(60)75)64-50-56(46-48-70(64)76(73)67-41-21-15-37-61(67)62-38-16-22-42-68(62)76)78(54-31-11-4-12-32-54)72-44-24-18-34-58(72)52-27-7-2-8-28-52/h1-50H. The maximum atomic E-state index is 2.56. The summed E-state index contributed by atoms with van der Waals surface area (Å²) < 4.78 is 0. The molecule has 0 heterocycles. The molecule has 0 aliphatic heterocycles. The molecular weight excluding hydrogens is 941 g/mol. The molecule has 12 aromatic rings. The van der Waals surface area contributed by atoms with Gasteiger partial charge in [0.15, 0.2) is 0 Å². The normalized spacial score (nSPS) is 14.1. The highest BCUT2D eigenvalue weighted by atomic mass is 15.2. The number of hydrogen-bond donors (Lipinski definition) is 0. The fourth-order valence-corrected chi connectivity index (χ4v) is 14.4. The topological polar surface area (TPSA) is 6.48 Å². The van der Waals surface area contributed by atoms with Gasteiger partial charge in [-0.1, -0.05) is 243 Å². The van der Waals surface area contributed by atoms with E-state index in [1.54, 1.807) is 0 Å². The average Bonchev–Trinajstić information content (AvgIpc) is 2.76. The summed E-state index contributed by atoms with van der Waals surface area (Å²) in [5, 5.41) is 0. The minimum absolute atomic E-state index is 0.668. The molecule has 364 valence electrons. The summed E-state index contributed by atoms with van der Waals surface area (Å²) in [5.74, 6) is 0. The van der Waals surface area contributed by atoms with E-state index in [0.717, 1.165) is 34.1 Å². The van der Waals surface area contributed by atoms with Gasteiger partial charge < -0.3 is 9.80 Å². The highest BCUT2D eigenvalue weighted by molar-refractivity contribution is 6.20. The van der Waals surface area contributed by atoms with E-state index < -0.39 is 10.8 Å².